The second-order valence-corrected chi connectivity index (χ2v) is 19.6. The predicted molar refractivity (Wildman–Crippen MR) is 217 cm³/mol. The summed E-state index contributed by atoms with van der Waals surface area (Å²) in [6.07, 6.45) is 1.40. The Morgan fingerprint density at radius 3 is 2.21 bits per heavy atom. The van der Waals surface area contributed by atoms with E-state index in [4.69, 9.17) is 33.2 Å². The molecule has 0 saturated carbocycles. The Morgan fingerprint density at radius 1 is 0.983 bits per heavy atom. The van der Waals surface area contributed by atoms with Gasteiger partial charge in [-0.25, -0.2) is 14.3 Å². The molecule has 1 aromatic heterocycles. The normalized spacial score (nSPS) is 41.5. The fourth-order valence-corrected chi connectivity index (χ4v) is 10.3. The van der Waals surface area contributed by atoms with Gasteiger partial charge in [-0.1, -0.05) is 62.3 Å². The maximum atomic E-state index is 14.5. The van der Waals surface area contributed by atoms with Gasteiger partial charge in [-0.15, -0.1) is 0 Å². The molecule has 1 radical (unpaired) electrons. The number of aliphatic hydroxyl groups excluding tert-OH is 1. The zero-order chi connectivity index (χ0) is 42.8. The molecule has 1 N–H and O–H groups in total. The molecule has 3 aliphatic heterocycles. The topological polar surface area (TPSA) is 140 Å². The van der Waals surface area contributed by atoms with Gasteiger partial charge in [0, 0.05) is 87.4 Å². The summed E-state index contributed by atoms with van der Waals surface area (Å²) < 4.78 is 46.8. The summed E-state index contributed by atoms with van der Waals surface area (Å²) in [7, 11) is 5.51. The summed E-state index contributed by atoms with van der Waals surface area (Å²) in [4.78, 5) is 33.6. The average Bonchev–Trinajstić information content (AvgIpc) is 3.68. The number of ether oxygens (including phenoxy) is 7. The molecular weight excluding hydrogens is 957 g/mol. The second-order valence-electron chi connectivity index (χ2n) is 19.6. The monoisotopic (exact) mass is 1030 g/mol. The Balaban J connectivity index is 0.00000900. The van der Waals surface area contributed by atoms with Crippen molar-refractivity contribution in [2.75, 3.05) is 21.2 Å². The average molecular weight is 1040 g/mol. The van der Waals surface area contributed by atoms with Crippen LogP contribution in [0.5, 0.6) is 0 Å². The molecular formula is C44H77AcN3O10. The molecule has 14 heteroatoms. The van der Waals surface area contributed by atoms with Crippen molar-refractivity contribution in [2.24, 2.45) is 40.4 Å². The minimum Gasteiger partial charge on any atom is -0.462 e. The van der Waals surface area contributed by atoms with E-state index in [0.717, 1.165) is 12.8 Å². The number of rotatable bonds is 8. The SMILES string of the molecule is CC[C@H]1OC(=O)C(C)C(OC2CC(C)(OC)C(OC(=O)n3ccnc3)C(C)O2)C(C)C(OC2OC(C)CC(N(C)C)C2O)C(C)(C)CC(C)CC(C)[C@@H](C)C1(C)C.[Ac]. The van der Waals surface area contributed by atoms with Crippen LogP contribution in [0.3, 0.4) is 0 Å². The number of hydrogen-bond donors (Lipinski definition) is 1. The Bertz CT molecular complexity index is 1450. The van der Waals surface area contributed by atoms with E-state index < -0.39 is 72.0 Å². The second kappa shape index (κ2) is 21.1. The molecule has 3 saturated heterocycles. The van der Waals surface area contributed by atoms with Crippen LogP contribution in [0.4, 0.5) is 4.79 Å². The van der Waals surface area contributed by atoms with Crippen LogP contribution in [0, 0.1) is 84.5 Å². The predicted octanol–water partition coefficient (Wildman–Crippen LogP) is 7.32. The van der Waals surface area contributed by atoms with E-state index in [-0.39, 0.29) is 86.0 Å². The fraction of sp³-hybridized carbons (Fsp3) is 0.886. The van der Waals surface area contributed by atoms with Crippen LogP contribution in [0.25, 0.3) is 0 Å². The van der Waals surface area contributed by atoms with Gasteiger partial charge in [-0.05, 0) is 90.6 Å². The minimum absolute atomic E-state index is 0. The van der Waals surface area contributed by atoms with Gasteiger partial charge in [-0.2, -0.15) is 0 Å². The van der Waals surface area contributed by atoms with Gasteiger partial charge in [0.1, 0.15) is 24.1 Å². The number of methoxy groups -OCH3 is 1. The molecule has 0 bridgehead atoms. The Kier molecular flexibility index (Phi) is 18.8. The summed E-state index contributed by atoms with van der Waals surface area (Å²) in [6.45, 7) is 27.5. The number of aromatic nitrogens is 2. The number of carbonyl (C=O) groups excluding carboxylic acids is 2. The van der Waals surface area contributed by atoms with Crippen LogP contribution in [0.1, 0.15) is 122 Å². The van der Waals surface area contributed by atoms with Gasteiger partial charge in [0.15, 0.2) is 18.7 Å². The molecule has 16 atom stereocenters. The van der Waals surface area contributed by atoms with Gasteiger partial charge in [0.05, 0.1) is 30.3 Å². The van der Waals surface area contributed by atoms with Gasteiger partial charge >= 0.3 is 12.1 Å². The zero-order valence-electron chi connectivity index (χ0n) is 38.5. The van der Waals surface area contributed by atoms with E-state index in [1.54, 1.807) is 7.11 Å². The molecule has 3 aliphatic rings. The van der Waals surface area contributed by atoms with E-state index in [1.807, 2.05) is 46.7 Å². The van der Waals surface area contributed by atoms with Crippen LogP contribution < -0.4 is 0 Å². The van der Waals surface area contributed by atoms with E-state index in [9.17, 15) is 14.7 Å². The first kappa shape index (κ1) is 51.7. The number of esters is 1. The smallest absolute Gasteiger partial charge is 0.419 e. The van der Waals surface area contributed by atoms with Crippen molar-refractivity contribution >= 4 is 12.1 Å². The fourth-order valence-electron chi connectivity index (χ4n) is 10.3. The van der Waals surface area contributed by atoms with Gasteiger partial charge < -0.3 is 43.2 Å². The van der Waals surface area contributed by atoms with E-state index in [0.29, 0.717) is 24.7 Å². The summed E-state index contributed by atoms with van der Waals surface area (Å²) in [5.41, 5.74) is -1.74. The maximum absolute atomic E-state index is 14.5. The van der Waals surface area contributed by atoms with Crippen molar-refractivity contribution in [2.45, 2.75) is 189 Å². The molecule has 3 fully saturated rings. The molecule has 4 rings (SSSR count). The molecule has 331 valence electrons. The molecule has 1 aromatic rings. The molecule has 0 spiro atoms. The van der Waals surface area contributed by atoms with Crippen LogP contribution >= 0.6 is 0 Å². The van der Waals surface area contributed by atoms with Crippen molar-refractivity contribution in [3.05, 3.63) is 18.7 Å². The Hall–Kier alpha value is -0.688. The first-order chi connectivity index (χ1) is 26.5. The standard InChI is InChI=1S/C44H77N3O10.Ac/c1-17-33-43(11,12)30(7)26(3)20-25(2)22-42(9,10)37(56-40-35(48)32(46(14)15)21-27(4)52-40)28(5)36(29(6)39(49)54-33)55-34-23-44(13,51-16)38(31(8)53-34)57-41(50)47-19-18-45-24-47;/h18-19,24-38,40,48H,17,20-23H2,1-16H3;/t25?,26?,27?,28?,29?,30-,31?,32?,33-,34?,35?,36?,37?,38?,40?,44?;/m1./s1. The number of cyclic esters (lactones) is 1. The molecule has 13 nitrogen and oxygen atoms in total. The van der Waals surface area contributed by atoms with Gasteiger partial charge in [0.25, 0.3) is 0 Å². The van der Waals surface area contributed by atoms with Crippen molar-refractivity contribution in [1.82, 2.24) is 14.5 Å². The Morgan fingerprint density at radius 2 is 1.64 bits per heavy atom. The first-order valence-electron chi connectivity index (χ1n) is 21.4. The molecule has 0 aliphatic carbocycles. The van der Waals surface area contributed by atoms with Crippen LogP contribution in [-0.4, -0.2) is 120 Å². The number of aliphatic hydroxyl groups is 1. The molecule has 0 aromatic carbocycles. The first-order valence-corrected chi connectivity index (χ1v) is 21.4. The van der Waals surface area contributed by atoms with E-state index in [1.165, 1.54) is 23.3 Å². The summed E-state index contributed by atoms with van der Waals surface area (Å²) in [5, 5.41) is 11.7. The van der Waals surface area contributed by atoms with Crippen LogP contribution in [0.2, 0.25) is 0 Å². The van der Waals surface area contributed by atoms with Gasteiger partial charge in [-0.3, -0.25) is 4.79 Å². The van der Waals surface area contributed by atoms with Crippen molar-refractivity contribution in [3.8, 4) is 0 Å². The third kappa shape index (κ3) is 11.9. The van der Waals surface area contributed by atoms with Crippen LogP contribution in [0.15, 0.2) is 18.7 Å². The van der Waals surface area contributed by atoms with Crippen molar-refractivity contribution in [3.63, 3.8) is 0 Å². The molecule has 0 amide bonds. The molecule has 4 heterocycles. The third-order valence-corrected chi connectivity index (χ3v) is 14.0. The van der Waals surface area contributed by atoms with E-state index >= 15 is 0 Å². The molecule has 14 unspecified atom stereocenters. The van der Waals surface area contributed by atoms with Gasteiger partial charge in [0.2, 0.25) is 0 Å². The number of carbonyl (C=O) groups is 2. The summed E-state index contributed by atoms with van der Waals surface area (Å²) in [5.74, 6) is -0.527. The van der Waals surface area contributed by atoms with Crippen LogP contribution in [-0.2, 0) is 38.0 Å². The van der Waals surface area contributed by atoms with Crippen molar-refractivity contribution < 1.29 is 91.9 Å². The maximum Gasteiger partial charge on any atom is 0.419 e. The molecule has 58 heavy (non-hydrogen) atoms. The third-order valence-electron chi connectivity index (χ3n) is 14.0. The number of likely N-dealkylation sites (N-methyl/N-ethyl adjacent to an activating group) is 1. The quantitative estimate of drug-likeness (QED) is 0.261. The number of hydrogen-bond acceptors (Lipinski definition) is 12. The number of imidazole rings is 1. The minimum atomic E-state index is -1.00. The summed E-state index contributed by atoms with van der Waals surface area (Å²) >= 11 is 0. The largest absolute Gasteiger partial charge is 0.462 e. The Labute approximate surface area is 385 Å². The zero-order valence-corrected chi connectivity index (χ0v) is 43.2. The number of nitrogens with zero attached hydrogens (tertiary/aromatic N) is 3. The summed E-state index contributed by atoms with van der Waals surface area (Å²) in [6, 6.07) is -0.160. The van der Waals surface area contributed by atoms with Crippen molar-refractivity contribution in [1.29, 1.82) is 0 Å². The van der Waals surface area contributed by atoms with E-state index in [2.05, 4.69) is 67.3 Å².